The normalized spacial score (nSPS) is 10.8. The molecule has 3 heterocycles. The van der Waals surface area contributed by atoms with Gasteiger partial charge in [0, 0.05) is 10.9 Å². The minimum Gasteiger partial charge on any atom is -0.497 e. The van der Waals surface area contributed by atoms with E-state index in [9.17, 15) is 4.79 Å². The molecule has 0 radical (unpaired) electrons. The number of rotatable bonds is 9. The second-order valence-corrected chi connectivity index (χ2v) is 8.28. The van der Waals surface area contributed by atoms with Gasteiger partial charge in [-0.2, -0.15) is 0 Å². The molecule has 1 amide bonds. The van der Waals surface area contributed by atoms with Gasteiger partial charge in [-0.05, 0) is 35.7 Å². The molecule has 1 N–H and O–H groups in total. The van der Waals surface area contributed by atoms with Gasteiger partial charge >= 0.3 is 0 Å². The topological polar surface area (TPSA) is 91.4 Å². The van der Waals surface area contributed by atoms with Crippen molar-refractivity contribution in [1.29, 1.82) is 0 Å². The number of hydrogen-bond donors (Lipinski definition) is 1. The van der Waals surface area contributed by atoms with Crippen molar-refractivity contribution >= 4 is 29.0 Å². The van der Waals surface area contributed by atoms with E-state index in [4.69, 9.17) is 13.9 Å². The molecule has 4 rings (SSSR count). The van der Waals surface area contributed by atoms with Gasteiger partial charge in [0.05, 0.1) is 38.5 Å². The fourth-order valence-corrected chi connectivity index (χ4v) is 4.32. The molecule has 0 atom stereocenters. The Balaban J connectivity index is 1.62. The van der Waals surface area contributed by atoms with Crippen LogP contribution in [-0.4, -0.2) is 40.6 Å². The molecule has 0 aliphatic heterocycles. The number of hydrogen-bond acceptors (Lipinski definition) is 8. The average Bonchev–Trinajstić information content (AvgIpc) is 3.57. The molecule has 31 heavy (non-hydrogen) atoms. The van der Waals surface area contributed by atoms with Crippen LogP contribution in [0.5, 0.6) is 11.5 Å². The fourth-order valence-electron chi connectivity index (χ4n) is 2.90. The van der Waals surface area contributed by atoms with E-state index in [1.807, 2.05) is 35.7 Å². The number of benzene rings is 1. The Morgan fingerprint density at radius 1 is 1.19 bits per heavy atom. The number of carbonyl (C=O) groups is 1. The molecule has 0 unspecified atom stereocenters. The summed E-state index contributed by atoms with van der Waals surface area (Å²) in [6.07, 6.45) is 1.57. The lowest BCUT2D eigenvalue weighted by Crippen LogP contribution is -2.24. The minimum atomic E-state index is -0.0925. The minimum absolute atomic E-state index is 0.0925. The molecule has 0 saturated carbocycles. The Morgan fingerprint density at radius 2 is 2.10 bits per heavy atom. The molecule has 10 heteroatoms. The smallest absolute Gasteiger partial charge is 0.230 e. The van der Waals surface area contributed by atoms with E-state index in [-0.39, 0.29) is 11.7 Å². The van der Waals surface area contributed by atoms with Crippen LogP contribution in [0.3, 0.4) is 0 Å². The molecular formula is C21H20N4O4S2. The Kier molecular flexibility index (Phi) is 6.58. The van der Waals surface area contributed by atoms with Crippen LogP contribution in [0.25, 0.3) is 17.3 Å². The van der Waals surface area contributed by atoms with Crippen LogP contribution in [-0.2, 0) is 11.3 Å². The van der Waals surface area contributed by atoms with E-state index in [0.29, 0.717) is 40.5 Å². The molecule has 0 bridgehead atoms. The quantitative estimate of drug-likeness (QED) is 0.381. The molecule has 1 aromatic carbocycles. The average molecular weight is 457 g/mol. The number of amides is 1. The summed E-state index contributed by atoms with van der Waals surface area (Å²) < 4.78 is 18.3. The first-order valence-electron chi connectivity index (χ1n) is 9.33. The van der Waals surface area contributed by atoms with E-state index in [1.165, 1.54) is 11.8 Å². The molecule has 0 aliphatic rings. The van der Waals surface area contributed by atoms with Gasteiger partial charge in [-0.1, -0.05) is 17.8 Å². The Bertz CT molecular complexity index is 1140. The second-order valence-electron chi connectivity index (χ2n) is 6.30. The third-order valence-corrected chi connectivity index (χ3v) is 6.18. The zero-order valence-electron chi connectivity index (χ0n) is 16.9. The first-order valence-corrected chi connectivity index (χ1v) is 11.2. The molecular weight excluding hydrogens is 436 g/mol. The third kappa shape index (κ3) is 4.75. The van der Waals surface area contributed by atoms with Crippen LogP contribution in [0.1, 0.15) is 4.88 Å². The number of thioether (sulfide) groups is 1. The summed E-state index contributed by atoms with van der Waals surface area (Å²) in [6.45, 7) is 0.505. The third-order valence-electron chi connectivity index (χ3n) is 4.37. The van der Waals surface area contributed by atoms with Crippen molar-refractivity contribution in [2.75, 3.05) is 20.0 Å². The highest BCUT2D eigenvalue weighted by Gasteiger charge is 2.22. The molecule has 8 nitrogen and oxygen atoms in total. The van der Waals surface area contributed by atoms with Crippen LogP contribution in [0.2, 0.25) is 0 Å². The summed E-state index contributed by atoms with van der Waals surface area (Å²) in [5, 5.41) is 14.0. The maximum absolute atomic E-state index is 12.4. The fraction of sp³-hybridized carbons (Fsp3) is 0.190. The number of thiophene rings is 1. The lowest BCUT2D eigenvalue weighted by molar-refractivity contribution is -0.118. The molecule has 4 aromatic rings. The van der Waals surface area contributed by atoms with E-state index >= 15 is 0 Å². The molecule has 3 aromatic heterocycles. The van der Waals surface area contributed by atoms with Crippen LogP contribution < -0.4 is 14.8 Å². The van der Waals surface area contributed by atoms with Crippen LogP contribution in [0.15, 0.2) is 63.7 Å². The van der Waals surface area contributed by atoms with E-state index in [1.54, 1.807) is 48.5 Å². The van der Waals surface area contributed by atoms with Crippen molar-refractivity contribution in [2.24, 2.45) is 0 Å². The van der Waals surface area contributed by atoms with Gasteiger partial charge in [-0.3, -0.25) is 9.36 Å². The summed E-state index contributed by atoms with van der Waals surface area (Å²) in [5.41, 5.74) is 0.680. The highest BCUT2D eigenvalue weighted by molar-refractivity contribution is 7.99. The monoisotopic (exact) mass is 456 g/mol. The zero-order chi connectivity index (χ0) is 21.6. The first kappa shape index (κ1) is 21.0. The highest BCUT2D eigenvalue weighted by Crippen LogP contribution is 2.34. The van der Waals surface area contributed by atoms with Gasteiger partial charge in [0.2, 0.25) is 11.7 Å². The number of methoxy groups -OCH3 is 2. The molecule has 0 saturated heterocycles. The number of furan rings is 1. The van der Waals surface area contributed by atoms with Crippen LogP contribution >= 0.6 is 23.1 Å². The Hall–Kier alpha value is -3.24. The van der Waals surface area contributed by atoms with Crippen LogP contribution in [0.4, 0.5) is 0 Å². The van der Waals surface area contributed by atoms with E-state index in [2.05, 4.69) is 15.5 Å². The van der Waals surface area contributed by atoms with E-state index in [0.717, 1.165) is 4.88 Å². The molecule has 0 fully saturated rings. The number of aromatic nitrogens is 3. The predicted octanol–water partition coefficient (Wildman–Crippen LogP) is 4.01. The van der Waals surface area contributed by atoms with Crippen molar-refractivity contribution in [3.05, 3.63) is 59.0 Å². The Morgan fingerprint density at radius 3 is 2.81 bits per heavy atom. The van der Waals surface area contributed by atoms with Crippen molar-refractivity contribution in [2.45, 2.75) is 11.7 Å². The summed E-state index contributed by atoms with van der Waals surface area (Å²) in [6, 6.07) is 13.0. The maximum Gasteiger partial charge on any atom is 0.230 e. The SMILES string of the molecule is COc1ccc(OC)c(-n2c(SCC(=O)NCc3cccs3)nnc2-c2ccco2)c1. The van der Waals surface area contributed by atoms with Gasteiger partial charge < -0.3 is 19.2 Å². The summed E-state index contributed by atoms with van der Waals surface area (Å²) in [7, 11) is 3.19. The number of ether oxygens (including phenoxy) is 2. The Labute approximate surface area is 187 Å². The lowest BCUT2D eigenvalue weighted by atomic mass is 10.2. The number of nitrogens with one attached hydrogen (secondary N) is 1. The summed E-state index contributed by atoms with van der Waals surface area (Å²) >= 11 is 2.88. The number of nitrogens with zero attached hydrogens (tertiary/aromatic N) is 3. The van der Waals surface area contributed by atoms with Gasteiger partial charge in [-0.25, -0.2) is 0 Å². The van der Waals surface area contributed by atoms with Gasteiger partial charge in [-0.15, -0.1) is 21.5 Å². The molecule has 0 spiro atoms. The lowest BCUT2D eigenvalue weighted by Gasteiger charge is -2.14. The number of carbonyl (C=O) groups excluding carboxylic acids is 1. The van der Waals surface area contributed by atoms with Crippen molar-refractivity contribution in [3.8, 4) is 28.8 Å². The zero-order valence-corrected chi connectivity index (χ0v) is 18.5. The highest BCUT2D eigenvalue weighted by atomic mass is 32.2. The predicted molar refractivity (Wildman–Crippen MR) is 119 cm³/mol. The van der Waals surface area contributed by atoms with Crippen molar-refractivity contribution in [1.82, 2.24) is 20.1 Å². The van der Waals surface area contributed by atoms with Gasteiger partial charge in [0.25, 0.3) is 0 Å². The van der Waals surface area contributed by atoms with Crippen molar-refractivity contribution < 1.29 is 18.7 Å². The standard InChI is InChI=1S/C21H20N4O4S2/c1-27-14-7-8-17(28-2)16(11-14)25-20(18-6-3-9-29-18)23-24-21(25)31-13-19(26)22-12-15-5-4-10-30-15/h3-11H,12-13H2,1-2H3,(H,22,26). The van der Waals surface area contributed by atoms with Gasteiger partial charge in [0.15, 0.2) is 10.9 Å². The van der Waals surface area contributed by atoms with Gasteiger partial charge in [0.1, 0.15) is 11.5 Å². The summed E-state index contributed by atoms with van der Waals surface area (Å²) in [5.74, 6) is 2.40. The van der Waals surface area contributed by atoms with Crippen molar-refractivity contribution in [3.63, 3.8) is 0 Å². The van der Waals surface area contributed by atoms with E-state index < -0.39 is 0 Å². The largest absolute Gasteiger partial charge is 0.497 e. The first-order chi connectivity index (χ1) is 15.2. The summed E-state index contributed by atoms with van der Waals surface area (Å²) in [4.78, 5) is 13.5. The van der Waals surface area contributed by atoms with Crippen LogP contribution in [0, 0.1) is 0 Å². The maximum atomic E-state index is 12.4. The second kappa shape index (κ2) is 9.71. The molecule has 0 aliphatic carbocycles. The molecule has 160 valence electrons.